The first-order valence-corrected chi connectivity index (χ1v) is 5.37. The highest BCUT2D eigenvalue weighted by Gasteiger charge is 2.00. The Balaban J connectivity index is 2.03. The van der Waals surface area contributed by atoms with Gasteiger partial charge in [0.25, 0.3) is 0 Å². The summed E-state index contributed by atoms with van der Waals surface area (Å²) in [5.41, 5.74) is 1.41. The van der Waals surface area contributed by atoms with E-state index in [0.29, 0.717) is 23.1 Å². The Bertz CT molecular complexity index is 545. The quantitative estimate of drug-likeness (QED) is 0.902. The van der Waals surface area contributed by atoms with E-state index in [1.807, 2.05) is 30.3 Å². The summed E-state index contributed by atoms with van der Waals surface area (Å²) in [6.07, 6.45) is 2.95. The molecule has 0 atom stereocenters. The Hall–Kier alpha value is -2.12. The maximum Gasteiger partial charge on any atom is 0.222 e. The predicted molar refractivity (Wildman–Crippen MR) is 65.5 cm³/mol. The molecule has 1 aromatic carbocycles. The van der Waals surface area contributed by atoms with Crippen LogP contribution < -0.4 is 5.32 Å². The van der Waals surface area contributed by atoms with Crippen molar-refractivity contribution in [1.29, 1.82) is 5.26 Å². The fourth-order valence-electron chi connectivity index (χ4n) is 1.29. The summed E-state index contributed by atoms with van der Waals surface area (Å²) >= 11 is 6.01. The van der Waals surface area contributed by atoms with Gasteiger partial charge in [-0.15, -0.1) is 0 Å². The van der Waals surface area contributed by atoms with E-state index in [2.05, 4.69) is 15.3 Å². The fourth-order valence-corrected chi connectivity index (χ4v) is 1.50. The number of hydrogen-bond acceptors (Lipinski definition) is 4. The van der Waals surface area contributed by atoms with Crippen molar-refractivity contribution in [2.75, 3.05) is 5.32 Å². The van der Waals surface area contributed by atoms with Gasteiger partial charge in [-0.25, -0.2) is 9.97 Å². The minimum atomic E-state index is 0.438. The zero-order valence-electron chi connectivity index (χ0n) is 8.89. The number of rotatable bonds is 3. The Labute approximate surface area is 104 Å². The first-order valence-electron chi connectivity index (χ1n) is 4.99. The molecule has 1 aromatic heterocycles. The average Bonchev–Trinajstić information content (AvgIpc) is 2.38. The molecule has 1 heterocycles. The number of nitrogens with zero attached hydrogens (tertiary/aromatic N) is 3. The normalized spacial score (nSPS) is 9.65. The first kappa shape index (κ1) is 11.4. The Morgan fingerprint density at radius 2 is 1.94 bits per heavy atom. The lowest BCUT2D eigenvalue weighted by Gasteiger charge is -2.05. The smallest absolute Gasteiger partial charge is 0.222 e. The van der Waals surface area contributed by atoms with Gasteiger partial charge < -0.3 is 5.32 Å². The number of nitrogens with one attached hydrogen (secondary N) is 1. The standard InChI is InChI=1S/C12H9ClN4/c13-11-4-2-1-3-10(11)8-17-12-15-6-9(5-14)7-16-12/h1-4,6-7H,8H2,(H,15,16,17). The van der Waals surface area contributed by atoms with Gasteiger partial charge in [0, 0.05) is 11.6 Å². The number of aromatic nitrogens is 2. The molecule has 5 heteroatoms. The van der Waals surface area contributed by atoms with Crippen molar-refractivity contribution >= 4 is 17.5 Å². The topological polar surface area (TPSA) is 61.6 Å². The van der Waals surface area contributed by atoms with E-state index in [4.69, 9.17) is 16.9 Å². The van der Waals surface area contributed by atoms with Gasteiger partial charge in [-0.2, -0.15) is 5.26 Å². The second kappa shape index (κ2) is 5.28. The molecule has 2 rings (SSSR count). The van der Waals surface area contributed by atoms with E-state index in [-0.39, 0.29) is 0 Å². The highest BCUT2D eigenvalue weighted by atomic mass is 35.5. The molecule has 0 bridgehead atoms. The van der Waals surface area contributed by atoms with Crippen LogP contribution in [0.1, 0.15) is 11.1 Å². The molecule has 0 radical (unpaired) electrons. The van der Waals surface area contributed by atoms with Crippen molar-refractivity contribution in [3.05, 3.63) is 52.8 Å². The van der Waals surface area contributed by atoms with Crippen LogP contribution in [0.2, 0.25) is 5.02 Å². The summed E-state index contributed by atoms with van der Waals surface area (Å²) in [7, 11) is 0. The van der Waals surface area contributed by atoms with Gasteiger partial charge >= 0.3 is 0 Å². The van der Waals surface area contributed by atoms with Crippen LogP contribution >= 0.6 is 11.6 Å². The van der Waals surface area contributed by atoms with Crippen molar-refractivity contribution in [3.63, 3.8) is 0 Å². The summed E-state index contributed by atoms with van der Waals surface area (Å²) in [4.78, 5) is 8.01. The zero-order valence-corrected chi connectivity index (χ0v) is 9.65. The van der Waals surface area contributed by atoms with Crippen molar-refractivity contribution in [3.8, 4) is 6.07 Å². The number of halogens is 1. The first-order chi connectivity index (χ1) is 8.29. The van der Waals surface area contributed by atoms with Gasteiger partial charge in [-0.05, 0) is 11.6 Å². The van der Waals surface area contributed by atoms with Crippen molar-refractivity contribution in [2.45, 2.75) is 6.54 Å². The number of nitriles is 1. The number of benzene rings is 1. The maximum atomic E-state index is 8.60. The van der Waals surface area contributed by atoms with Crippen LogP contribution in [0.4, 0.5) is 5.95 Å². The van der Waals surface area contributed by atoms with E-state index in [0.717, 1.165) is 5.56 Å². The van der Waals surface area contributed by atoms with Crippen LogP contribution in [0.15, 0.2) is 36.7 Å². The van der Waals surface area contributed by atoms with E-state index >= 15 is 0 Å². The molecule has 1 N–H and O–H groups in total. The Morgan fingerprint density at radius 1 is 1.24 bits per heavy atom. The fraction of sp³-hybridized carbons (Fsp3) is 0.0833. The summed E-state index contributed by atoms with van der Waals surface area (Å²) in [5.74, 6) is 0.476. The molecular weight excluding hydrogens is 236 g/mol. The summed E-state index contributed by atoms with van der Waals surface area (Å²) in [6, 6.07) is 9.52. The van der Waals surface area contributed by atoms with Crippen molar-refractivity contribution < 1.29 is 0 Å². The molecule has 0 unspecified atom stereocenters. The van der Waals surface area contributed by atoms with Crippen LogP contribution in [-0.2, 0) is 6.54 Å². The Morgan fingerprint density at radius 3 is 2.59 bits per heavy atom. The largest absolute Gasteiger partial charge is 0.350 e. The van der Waals surface area contributed by atoms with Crippen LogP contribution in [0.3, 0.4) is 0 Å². The molecule has 84 valence electrons. The van der Waals surface area contributed by atoms with E-state index in [9.17, 15) is 0 Å². The molecule has 2 aromatic rings. The minimum absolute atomic E-state index is 0.438. The molecule has 0 spiro atoms. The van der Waals surface area contributed by atoms with Crippen LogP contribution in [0.5, 0.6) is 0 Å². The van der Waals surface area contributed by atoms with Crippen LogP contribution in [0, 0.1) is 11.3 Å². The molecule has 0 fully saturated rings. The molecule has 4 nitrogen and oxygen atoms in total. The van der Waals surface area contributed by atoms with E-state index in [1.54, 1.807) is 0 Å². The van der Waals surface area contributed by atoms with E-state index in [1.165, 1.54) is 12.4 Å². The van der Waals surface area contributed by atoms with Crippen LogP contribution in [0.25, 0.3) is 0 Å². The van der Waals surface area contributed by atoms with Gasteiger partial charge in [-0.1, -0.05) is 29.8 Å². The molecule has 0 amide bonds. The second-order valence-corrected chi connectivity index (χ2v) is 3.76. The highest BCUT2D eigenvalue weighted by molar-refractivity contribution is 6.31. The molecule has 0 aliphatic rings. The molecule has 17 heavy (non-hydrogen) atoms. The predicted octanol–water partition coefficient (Wildman–Crippen LogP) is 2.61. The van der Waals surface area contributed by atoms with Crippen molar-refractivity contribution in [1.82, 2.24) is 9.97 Å². The van der Waals surface area contributed by atoms with Gasteiger partial charge in [0.1, 0.15) is 6.07 Å². The lowest BCUT2D eigenvalue weighted by molar-refractivity contribution is 1.05. The zero-order chi connectivity index (χ0) is 12.1. The lowest BCUT2D eigenvalue weighted by atomic mass is 10.2. The summed E-state index contributed by atoms with van der Waals surface area (Å²) < 4.78 is 0. The molecule has 0 saturated heterocycles. The average molecular weight is 245 g/mol. The monoisotopic (exact) mass is 244 g/mol. The molecular formula is C12H9ClN4. The minimum Gasteiger partial charge on any atom is -0.350 e. The summed E-state index contributed by atoms with van der Waals surface area (Å²) in [6.45, 7) is 0.547. The number of hydrogen-bond donors (Lipinski definition) is 1. The lowest BCUT2D eigenvalue weighted by Crippen LogP contribution is -2.03. The van der Waals surface area contributed by atoms with Gasteiger partial charge in [-0.3, -0.25) is 0 Å². The maximum absolute atomic E-state index is 8.60. The third kappa shape index (κ3) is 2.92. The van der Waals surface area contributed by atoms with Gasteiger partial charge in [0.05, 0.1) is 18.0 Å². The van der Waals surface area contributed by atoms with E-state index < -0.39 is 0 Å². The van der Waals surface area contributed by atoms with Crippen molar-refractivity contribution in [2.24, 2.45) is 0 Å². The van der Waals surface area contributed by atoms with Gasteiger partial charge in [0.2, 0.25) is 5.95 Å². The molecule has 0 saturated carbocycles. The molecule has 0 aliphatic carbocycles. The Kier molecular flexibility index (Phi) is 3.53. The number of anilines is 1. The SMILES string of the molecule is N#Cc1cnc(NCc2ccccc2Cl)nc1. The van der Waals surface area contributed by atoms with Crippen LogP contribution in [-0.4, -0.2) is 9.97 Å². The summed E-state index contributed by atoms with van der Waals surface area (Å²) in [5, 5.41) is 12.3. The second-order valence-electron chi connectivity index (χ2n) is 3.35. The third-order valence-electron chi connectivity index (χ3n) is 2.18. The molecule has 0 aliphatic heterocycles. The highest BCUT2D eigenvalue weighted by Crippen LogP contribution is 2.15. The van der Waals surface area contributed by atoms with Gasteiger partial charge in [0.15, 0.2) is 0 Å². The third-order valence-corrected chi connectivity index (χ3v) is 2.54.